The molecule has 136 valence electrons. The molecule has 0 atom stereocenters. The predicted molar refractivity (Wildman–Crippen MR) is 99.0 cm³/mol. The van der Waals surface area contributed by atoms with Crippen molar-refractivity contribution in [2.45, 2.75) is 39.3 Å². The highest BCUT2D eigenvalue weighted by atomic mass is 16.4. The summed E-state index contributed by atoms with van der Waals surface area (Å²) in [5, 5.41) is 2.94. The van der Waals surface area contributed by atoms with Crippen LogP contribution < -0.4 is 5.32 Å². The smallest absolute Gasteiger partial charge is 0.287 e. The highest BCUT2D eigenvalue weighted by Crippen LogP contribution is 2.21. The molecule has 0 aromatic carbocycles. The SMILES string of the molecule is CCc1oc(C(=O)NCc2cnc3ccccn23)cc1CN1CCCC1. The Morgan fingerprint density at radius 2 is 2.15 bits per heavy atom. The molecule has 1 aliphatic heterocycles. The van der Waals surface area contributed by atoms with Gasteiger partial charge in [0.25, 0.3) is 5.91 Å². The Morgan fingerprint density at radius 1 is 1.31 bits per heavy atom. The number of hydrogen-bond acceptors (Lipinski definition) is 4. The molecule has 1 aliphatic rings. The minimum Gasteiger partial charge on any atom is -0.456 e. The molecular formula is C20H24N4O2. The molecule has 1 saturated heterocycles. The molecule has 0 aliphatic carbocycles. The summed E-state index contributed by atoms with van der Waals surface area (Å²) in [4.78, 5) is 19.3. The molecule has 4 rings (SSSR count). The van der Waals surface area contributed by atoms with Gasteiger partial charge in [0, 0.05) is 24.7 Å². The molecule has 0 spiro atoms. The summed E-state index contributed by atoms with van der Waals surface area (Å²) in [6.45, 7) is 5.60. The van der Waals surface area contributed by atoms with E-state index in [2.05, 4.69) is 22.1 Å². The number of carbonyl (C=O) groups excluding carboxylic acids is 1. The molecule has 0 saturated carbocycles. The van der Waals surface area contributed by atoms with Gasteiger partial charge in [-0.15, -0.1) is 0 Å². The van der Waals surface area contributed by atoms with Crippen LogP contribution in [0.4, 0.5) is 0 Å². The molecule has 1 N–H and O–H groups in total. The third-order valence-corrected chi connectivity index (χ3v) is 4.96. The van der Waals surface area contributed by atoms with E-state index in [-0.39, 0.29) is 5.91 Å². The van der Waals surface area contributed by atoms with Gasteiger partial charge in [-0.3, -0.25) is 9.69 Å². The topological polar surface area (TPSA) is 62.8 Å². The second-order valence-electron chi connectivity index (χ2n) is 6.76. The molecule has 3 aromatic heterocycles. The predicted octanol–water partition coefficient (Wildman–Crippen LogP) is 3.02. The van der Waals surface area contributed by atoms with Crippen molar-refractivity contribution in [2.24, 2.45) is 0 Å². The Morgan fingerprint density at radius 3 is 2.96 bits per heavy atom. The molecule has 3 aromatic rings. The number of amides is 1. The largest absolute Gasteiger partial charge is 0.456 e. The summed E-state index contributed by atoms with van der Waals surface area (Å²) in [7, 11) is 0. The van der Waals surface area contributed by atoms with Crippen LogP contribution in [0, 0.1) is 0 Å². The van der Waals surface area contributed by atoms with Gasteiger partial charge in [-0.1, -0.05) is 13.0 Å². The number of nitrogens with zero attached hydrogens (tertiary/aromatic N) is 3. The van der Waals surface area contributed by atoms with Crippen LogP contribution in [-0.2, 0) is 19.5 Å². The number of carbonyl (C=O) groups is 1. The molecule has 0 radical (unpaired) electrons. The quantitative estimate of drug-likeness (QED) is 0.741. The molecule has 6 heteroatoms. The lowest BCUT2D eigenvalue weighted by Gasteiger charge is -2.13. The summed E-state index contributed by atoms with van der Waals surface area (Å²) < 4.78 is 7.80. The summed E-state index contributed by atoms with van der Waals surface area (Å²) in [6.07, 6.45) is 7.04. The standard InChI is InChI=1S/C20H24N4O2/c1-2-17-15(14-23-8-5-6-9-23)11-18(26-17)20(25)22-13-16-12-21-19-7-3-4-10-24(16)19/h3-4,7,10-12H,2,5-6,8-9,13-14H2,1H3,(H,22,25). The van der Waals surface area contributed by atoms with Gasteiger partial charge in [0.15, 0.2) is 5.76 Å². The number of likely N-dealkylation sites (tertiary alicyclic amines) is 1. The maximum atomic E-state index is 12.5. The van der Waals surface area contributed by atoms with Gasteiger partial charge in [0.05, 0.1) is 18.4 Å². The summed E-state index contributed by atoms with van der Waals surface area (Å²) >= 11 is 0. The van der Waals surface area contributed by atoms with Gasteiger partial charge in [0.2, 0.25) is 0 Å². The Balaban J connectivity index is 1.45. The van der Waals surface area contributed by atoms with E-state index in [9.17, 15) is 4.79 Å². The zero-order valence-electron chi connectivity index (χ0n) is 15.1. The van der Waals surface area contributed by atoms with Gasteiger partial charge in [-0.2, -0.15) is 0 Å². The van der Waals surface area contributed by atoms with Gasteiger partial charge in [-0.25, -0.2) is 4.98 Å². The van der Waals surface area contributed by atoms with Crippen LogP contribution in [0.3, 0.4) is 0 Å². The van der Waals surface area contributed by atoms with E-state index < -0.39 is 0 Å². The average molecular weight is 352 g/mol. The Bertz CT molecular complexity index is 906. The van der Waals surface area contributed by atoms with Crippen molar-refractivity contribution in [3.63, 3.8) is 0 Å². The van der Waals surface area contributed by atoms with Crippen molar-refractivity contribution >= 4 is 11.6 Å². The molecule has 0 bridgehead atoms. The number of hydrogen-bond donors (Lipinski definition) is 1. The monoisotopic (exact) mass is 352 g/mol. The van der Waals surface area contributed by atoms with Crippen molar-refractivity contribution in [1.82, 2.24) is 19.6 Å². The first-order valence-electron chi connectivity index (χ1n) is 9.27. The fourth-order valence-corrected chi connectivity index (χ4v) is 3.57. The lowest BCUT2D eigenvalue weighted by Crippen LogP contribution is -2.23. The van der Waals surface area contributed by atoms with Crippen LogP contribution in [0.15, 0.2) is 41.1 Å². The Labute approximate surface area is 152 Å². The van der Waals surface area contributed by atoms with E-state index in [0.29, 0.717) is 12.3 Å². The molecule has 4 heterocycles. The molecule has 6 nitrogen and oxygen atoms in total. The number of aryl methyl sites for hydroxylation is 1. The third-order valence-electron chi connectivity index (χ3n) is 4.96. The van der Waals surface area contributed by atoms with E-state index >= 15 is 0 Å². The van der Waals surface area contributed by atoms with E-state index in [4.69, 9.17) is 4.42 Å². The number of nitrogens with one attached hydrogen (secondary N) is 1. The summed E-state index contributed by atoms with van der Waals surface area (Å²) in [5.74, 6) is 1.12. The van der Waals surface area contributed by atoms with Crippen LogP contribution >= 0.6 is 0 Å². The first-order chi connectivity index (χ1) is 12.7. The number of fused-ring (bicyclic) bond motifs is 1. The minimum atomic E-state index is -0.182. The molecule has 0 unspecified atom stereocenters. The number of aromatic nitrogens is 2. The maximum Gasteiger partial charge on any atom is 0.287 e. The highest BCUT2D eigenvalue weighted by Gasteiger charge is 2.19. The van der Waals surface area contributed by atoms with Crippen LogP contribution in [-0.4, -0.2) is 33.3 Å². The summed E-state index contributed by atoms with van der Waals surface area (Å²) in [5.41, 5.74) is 2.94. The first-order valence-corrected chi connectivity index (χ1v) is 9.27. The molecule has 1 amide bonds. The van der Waals surface area contributed by atoms with Gasteiger partial charge >= 0.3 is 0 Å². The molecule has 1 fully saturated rings. The number of rotatable bonds is 6. The number of pyridine rings is 1. The number of furan rings is 1. The highest BCUT2D eigenvalue weighted by molar-refractivity contribution is 5.91. The van der Waals surface area contributed by atoms with Crippen LogP contribution in [0.2, 0.25) is 0 Å². The van der Waals surface area contributed by atoms with Crippen LogP contribution in [0.1, 0.15) is 47.3 Å². The average Bonchev–Trinajstić information content (AvgIpc) is 3.40. The van der Waals surface area contributed by atoms with Crippen molar-refractivity contribution < 1.29 is 9.21 Å². The second kappa shape index (κ2) is 7.33. The first kappa shape index (κ1) is 16.8. The zero-order valence-corrected chi connectivity index (χ0v) is 15.1. The maximum absolute atomic E-state index is 12.5. The molecular weight excluding hydrogens is 328 g/mol. The van der Waals surface area contributed by atoms with Crippen LogP contribution in [0.25, 0.3) is 5.65 Å². The Kier molecular flexibility index (Phi) is 4.75. The third kappa shape index (κ3) is 3.37. The lowest BCUT2D eigenvalue weighted by atomic mass is 10.2. The second-order valence-corrected chi connectivity index (χ2v) is 6.76. The minimum absolute atomic E-state index is 0.182. The van der Waals surface area contributed by atoms with E-state index in [1.165, 1.54) is 12.8 Å². The normalized spacial score (nSPS) is 15.0. The Hall–Kier alpha value is -2.60. The van der Waals surface area contributed by atoms with Crippen molar-refractivity contribution in [1.29, 1.82) is 0 Å². The van der Waals surface area contributed by atoms with Crippen molar-refractivity contribution in [3.8, 4) is 0 Å². The van der Waals surface area contributed by atoms with Crippen molar-refractivity contribution in [3.05, 3.63) is 59.4 Å². The van der Waals surface area contributed by atoms with E-state index in [0.717, 1.165) is 48.7 Å². The van der Waals surface area contributed by atoms with E-state index in [1.807, 2.05) is 34.9 Å². The van der Waals surface area contributed by atoms with Gasteiger partial charge in [0.1, 0.15) is 11.4 Å². The molecule has 26 heavy (non-hydrogen) atoms. The lowest BCUT2D eigenvalue weighted by molar-refractivity contribution is 0.0921. The van der Waals surface area contributed by atoms with E-state index in [1.54, 1.807) is 6.20 Å². The van der Waals surface area contributed by atoms with Gasteiger partial charge < -0.3 is 14.1 Å². The summed E-state index contributed by atoms with van der Waals surface area (Å²) in [6, 6.07) is 7.74. The fourth-order valence-electron chi connectivity index (χ4n) is 3.57. The zero-order chi connectivity index (χ0) is 17.9. The fraction of sp³-hybridized carbons (Fsp3) is 0.400. The van der Waals surface area contributed by atoms with Crippen LogP contribution in [0.5, 0.6) is 0 Å². The van der Waals surface area contributed by atoms with Crippen molar-refractivity contribution in [2.75, 3.05) is 13.1 Å². The van der Waals surface area contributed by atoms with Gasteiger partial charge in [-0.05, 0) is 44.1 Å². The number of imidazole rings is 1.